The average Bonchev–Trinajstić information content (AvgIpc) is 2.68. The zero-order valence-corrected chi connectivity index (χ0v) is 14.9. The lowest BCUT2D eigenvalue weighted by Gasteiger charge is -2.38. The minimum atomic E-state index is 0.232. The van der Waals surface area contributed by atoms with E-state index in [-0.39, 0.29) is 6.04 Å². The van der Waals surface area contributed by atoms with E-state index in [4.69, 9.17) is 5.73 Å². The van der Waals surface area contributed by atoms with Gasteiger partial charge >= 0.3 is 0 Å². The Morgan fingerprint density at radius 2 is 1.84 bits per heavy atom. The van der Waals surface area contributed by atoms with Crippen molar-refractivity contribution in [1.82, 2.24) is 0 Å². The van der Waals surface area contributed by atoms with Crippen molar-refractivity contribution in [1.29, 1.82) is 0 Å². The molecule has 2 N–H and O–H groups in total. The SMILES string of the molecule is Cc1sc(C(N)C2CCC(C(C)(C)C)CC2)cc1Br. The molecular formula is C16H26BrNS. The quantitative estimate of drug-likeness (QED) is 0.735. The lowest BCUT2D eigenvalue weighted by molar-refractivity contribution is 0.140. The first-order valence-corrected chi connectivity index (χ1v) is 8.91. The molecule has 0 radical (unpaired) electrons. The van der Waals surface area contributed by atoms with Crippen molar-refractivity contribution in [3.05, 3.63) is 20.3 Å². The van der Waals surface area contributed by atoms with Crippen molar-refractivity contribution in [2.45, 2.75) is 59.4 Å². The van der Waals surface area contributed by atoms with Crippen LogP contribution in [0.1, 0.15) is 62.3 Å². The number of halogens is 1. The molecule has 1 saturated carbocycles. The smallest absolute Gasteiger partial charge is 0.0418 e. The maximum absolute atomic E-state index is 6.50. The number of rotatable bonds is 2. The van der Waals surface area contributed by atoms with Crippen LogP contribution in [0.2, 0.25) is 0 Å². The van der Waals surface area contributed by atoms with E-state index in [1.165, 1.54) is 39.9 Å². The average molecular weight is 344 g/mol. The molecule has 19 heavy (non-hydrogen) atoms. The summed E-state index contributed by atoms with van der Waals surface area (Å²) in [5, 5.41) is 0. The molecule has 3 heteroatoms. The molecule has 1 unspecified atom stereocenters. The van der Waals surface area contributed by atoms with Crippen LogP contribution in [0.5, 0.6) is 0 Å². The van der Waals surface area contributed by atoms with Crippen molar-refractivity contribution in [3.8, 4) is 0 Å². The zero-order chi connectivity index (χ0) is 14.2. The molecule has 1 atom stereocenters. The Kier molecular flexibility index (Phi) is 4.79. The monoisotopic (exact) mass is 343 g/mol. The molecule has 0 bridgehead atoms. The Bertz CT molecular complexity index is 405. The second-order valence-electron chi connectivity index (χ2n) is 7.06. The first kappa shape index (κ1) is 15.5. The first-order valence-electron chi connectivity index (χ1n) is 7.30. The fraction of sp³-hybridized carbons (Fsp3) is 0.750. The molecule has 0 saturated heterocycles. The summed E-state index contributed by atoms with van der Waals surface area (Å²) in [6, 6.07) is 2.46. The molecule has 1 heterocycles. The topological polar surface area (TPSA) is 26.0 Å². The maximum Gasteiger partial charge on any atom is 0.0418 e. The highest BCUT2D eigenvalue weighted by atomic mass is 79.9. The van der Waals surface area contributed by atoms with Crippen molar-refractivity contribution in [3.63, 3.8) is 0 Å². The van der Waals surface area contributed by atoms with Crippen LogP contribution in [0.3, 0.4) is 0 Å². The van der Waals surface area contributed by atoms with E-state index in [1.807, 2.05) is 11.3 Å². The molecule has 1 nitrogen and oxygen atoms in total. The minimum Gasteiger partial charge on any atom is -0.323 e. The molecule has 1 aromatic heterocycles. The Morgan fingerprint density at radius 3 is 2.26 bits per heavy atom. The lowest BCUT2D eigenvalue weighted by Crippen LogP contribution is -2.30. The molecule has 0 aromatic carbocycles. The van der Waals surface area contributed by atoms with E-state index in [2.05, 4.69) is 49.7 Å². The van der Waals surface area contributed by atoms with Crippen LogP contribution in [-0.2, 0) is 0 Å². The third-order valence-corrected chi connectivity index (χ3v) is 6.95. The third-order valence-electron chi connectivity index (χ3n) is 4.71. The van der Waals surface area contributed by atoms with E-state index in [9.17, 15) is 0 Å². The molecule has 0 aliphatic heterocycles. The summed E-state index contributed by atoms with van der Waals surface area (Å²) >= 11 is 5.45. The fourth-order valence-corrected chi connectivity index (χ4v) is 4.88. The van der Waals surface area contributed by atoms with Crippen molar-refractivity contribution < 1.29 is 0 Å². The van der Waals surface area contributed by atoms with Gasteiger partial charge in [0, 0.05) is 20.3 Å². The molecule has 2 rings (SSSR count). The van der Waals surface area contributed by atoms with Crippen LogP contribution in [0.4, 0.5) is 0 Å². The molecular weight excluding hydrogens is 318 g/mol. The summed E-state index contributed by atoms with van der Waals surface area (Å²) in [5.74, 6) is 1.54. The van der Waals surface area contributed by atoms with E-state index in [1.54, 1.807) is 0 Å². The highest BCUT2D eigenvalue weighted by Gasteiger charge is 2.32. The van der Waals surface area contributed by atoms with E-state index < -0.39 is 0 Å². The second kappa shape index (κ2) is 5.87. The molecule has 0 amide bonds. The van der Waals surface area contributed by atoms with Gasteiger partial charge in [-0.05, 0) is 71.9 Å². The molecule has 0 spiro atoms. The van der Waals surface area contributed by atoms with E-state index in [0.717, 1.165) is 5.92 Å². The standard InChI is InChI=1S/C16H26BrNS/c1-10-13(17)9-14(19-10)15(18)11-5-7-12(8-6-11)16(2,3)4/h9,11-12,15H,5-8,18H2,1-4H3. The Labute approximate surface area is 130 Å². The Balaban J connectivity index is 1.98. The number of nitrogens with two attached hydrogens (primary N) is 1. The van der Waals surface area contributed by atoms with Gasteiger partial charge in [0.05, 0.1) is 0 Å². The van der Waals surface area contributed by atoms with Crippen LogP contribution in [0.25, 0.3) is 0 Å². The highest BCUT2D eigenvalue weighted by Crippen LogP contribution is 2.44. The van der Waals surface area contributed by atoms with Gasteiger partial charge < -0.3 is 5.73 Å². The van der Waals surface area contributed by atoms with Gasteiger partial charge in [0.15, 0.2) is 0 Å². The molecule has 108 valence electrons. The summed E-state index contributed by atoms with van der Waals surface area (Å²) < 4.78 is 1.21. The van der Waals surface area contributed by atoms with Crippen LogP contribution in [0, 0.1) is 24.2 Å². The van der Waals surface area contributed by atoms with E-state index in [0.29, 0.717) is 11.3 Å². The van der Waals surface area contributed by atoms with Gasteiger partial charge in [0.25, 0.3) is 0 Å². The summed E-state index contributed by atoms with van der Waals surface area (Å²) in [4.78, 5) is 2.69. The largest absolute Gasteiger partial charge is 0.323 e. The third kappa shape index (κ3) is 3.62. The summed E-state index contributed by atoms with van der Waals surface area (Å²) in [6.07, 6.45) is 5.26. The molecule has 1 aliphatic carbocycles. The van der Waals surface area contributed by atoms with Gasteiger partial charge in [-0.1, -0.05) is 20.8 Å². The van der Waals surface area contributed by atoms with Crippen molar-refractivity contribution >= 4 is 27.3 Å². The molecule has 1 aromatic rings. The second-order valence-corrected chi connectivity index (χ2v) is 9.20. The number of thiophene rings is 1. The van der Waals surface area contributed by atoms with Crippen molar-refractivity contribution in [2.24, 2.45) is 23.0 Å². The first-order chi connectivity index (χ1) is 8.79. The van der Waals surface area contributed by atoms with Gasteiger partial charge in [-0.3, -0.25) is 0 Å². The zero-order valence-electron chi connectivity index (χ0n) is 12.5. The normalized spacial score (nSPS) is 26.4. The Morgan fingerprint density at radius 1 is 1.26 bits per heavy atom. The van der Waals surface area contributed by atoms with Crippen LogP contribution in [-0.4, -0.2) is 0 Å². The van der Waals surface area contributed by atoms with Gasteiger partial charge in [-0.25, -0.2) is 0 Å². The Hall–Kier alpha value is 0.140. The van der Waals surface area contributed by atoms with Gasteiger partial charge in [-0.2, -0.15) is 0 Å². The van der Waals surface area contributed by atoms with Crippen LogP contribution >= 0.6 is 27.3 Å². The highest BCUT2D eigenvalue weighted by molar-refractivity contribution is 9.10. The molecule has 1 fully saturated rings. The number of hydrogen-bond donors (Lipinski definition) is 1. The summed E-state index contributed by atoms with van der Waals surface area (Å²) in [7, 11) is 0. The predicted molar refractivity (Wildman–Crippen MR) is 88.6 cm³/mol. The van der Waals surface area contributed by atoms with Crippen LogP contribution < -0.4 is 5.73 Å². The maximum atomic E-state index is 6.50. The van der Waals surface area contributed by atoms with Crippen LogP contribution in [0.15, 0.2) is 10.5 Å². The molecule has 1 aliphatic rings. The van der Waals surface area contributed by atoms with Gasteiger partial charge in [0.2, 0.25) is 0 Å². The lowest BCUT2D eigenvalue weighted by atomic mass is 9.68. The van der Waals surface area contributed by atoms with Gasteiger partial charge in [0.1, 0.15) is 0 Å². The fourth-order valence-electron chi connectivity index (χ4n) is 3.22. The number of hydrogen-bond acceptors (Lipinski definition) is 2. The predicted octanol–water partition coefficient (Wildman–Crippen LogP) is 5.67. The minimum absolute atomic E-state index is 0.232. The summed E-state index contributed by atoms with van der Waals surface area (Å²) in [6.45, 7) is 9.27. The van der Waals surface area contributed by atoms with E-state index >= 15 is 0 Å². The van der Waals surface area contributed by atoms with Crippen molar-refractivity contribution in [2.75, 3.05) is 0 Å². The number of aryl methyl sites for hydroxylation is 1. The summed E-state index contributed by atoms with van der Waals surface area (Å²) in [5.41, 5.74) is 6.95. The van der Waals surface area contributed by atoms with Gasteiger partial charge in [-0.15, -0.1) is 11.3 Å².